The van der Waals surface area contributed by atoms with Crippen LogP contribution in [-0.2, 0) is 6.42 Å². The first-order valence-corrected chi connectivity index (χ1v) is 7.71. The van der Waals surface area contributed by atoms with E-state index >= 15 is 0 Å². The number of anilines is 1. The van der Waals surface area contributed by atoms with Crippen molar-refractivity contribution in [1.29, 1.82) is 0 Å². The molecule has 0 aliphatic carbocycles. The van der Waals surface area contributed by atoms with Crippen LogP contribution in [0.3, 0.4) is 0 Å². The minimum Gasteiger partial charge on any atom is -0.307 e. The highest BCUT2D eigenvalue weighted by atomic mass is 35.5. The van der Waals surface area contributed by atoms with Gasteiger partial charge in [-0.25, -0.2) is 15.8 Å². The lowest BCUT2D eigenvalue weighted by molar-refractivity contribution is 0.815. The third kappa shape index (κ3) is 4.10. The van der Waals surface area contributed by atoms with Gasteiger partial charge < -0.3 is 10.4 Å². The van der Waals surface area contributed by atoms with Crippen LogP contribution in [0.2, 0.25) is 10.0 Å². The number of hydrogen-bond acceptors (Lipinski definition) is 6. The highest BCUT2D eigenvalue weighted by Crippen LogP contribution is 2.33. The predicted molar refractivity (Wildman–Crippen MR) is 85.0 cm³/mol. The molecule has 0 radical (unpaired) electrons. The minimum atomic E-state index is -0.210. The molecule has 6 nitrogen and oxygen atoms in total. The van der Waals surface area contributed by atoms with Crippen molar-refractivity contribution in [2.45, 2.75) is 29.9 Å². The van der Waals surface area contributed by atoms with Crippen LogP contribution in [0.5, 0.6) is 0 Å². The number of nitrogens with two attached hydrogens (primary N) is 1. The fourth-order valence-electron chi connectivity index (χ4n) is 1.63. The van der Waals surface area contributed by atoms with Crippen molar-refractivity contribution in [3.05, 3.63) is 38.2 Å². The highest BCUT2D eigenvalue weighted by molar-refractivity contribution is 7.99. The molecule has 0 aliphatic heterocycles. The Labute approximate surface area is 135 Å². The molecule has 0 aromatic carbocycles. The van der Waals surface area contributed by atoms with Crippen LogP contribution in [0.15, 0.2) is 27.1 Å². The standard InChI is InChI=1S/C12H13Cl2N5OS/c1-2-3-6-4-9(20)17-12(16-6)21-11-8(14)5-7(13)10(18-11)19-15/h4-5H,2-3,15H2,1H3,(H,18,19)(H,16,17,20). The van der Waals surface area contributed by atoms with Gasteiger partial charge in [-0.15, -0.1) is 0 Å². The number of halogens is 2. The zero-order valence-corrected chi connectivity index (χ0v) is 13.4. The summed E-state index contributed by atoms with van der Waals surface area (Å²) < 4.78 is 0. The van der Waals surface area contributed by atoms with E-state index in [1.807, 2.05) is 6.92 Å². The Hall–Kier alpha value is -1.28. The summed E-state index contributed by atoms with van der Waals surface area (Å²) in [5.74, 6) is 5.63. The number of pyridine rings is 1. The average molecular weight is 346 g/mol. The molecule has 0 fully saturated rings. The maximum atomic E-state index is 11.6. The van der Waals surface area contributed by atoms with E-state index in [2.05, 4.69) is 20.4 Å². The van der Waals surface area contributed by atoms with Gasteiger partial charge in [0.05, 0.1) is 10.0 Å². The van der Waals surface area contributed by atoms with Crippen molar-refractivity contribution in [1.82, 2.24) is 15.0 Å². The fourth-order valence-corrected chi connectivity index (χ4v) is 2.95. The van der Waals surface area contributed by atoms with Gasteiger partial charge in [0.2, 0.25) is 0 Å². The van der Waals surface area contributed by atoms with Crippen LogP contribution in [-0.4, -0.2) is 15.0 Å². The monoisotopic (exact) mass is 345 g/mol. The lowest BCUT2D eigenvalue weighted by Crippen LogP contribution is -2.11. The van der Waals surface area contributed by atoms with Crippen molar-refractivity contribution in [2.24, 2.45) is 5.84 Å². The summed E-state index contributed by atoms with van der Waals surface area (Å²) in [5, 5.41) is 1.54. The minimum absolute atomic E-state index is 0.210. The largest absolute Gasteiger partial charge is 0.307 e. The molecule has 21 heavy (non-hydrogen) atoms. The van der Waals surface area contributed by atoms with Crippen LogP contribution in [0.25, 0.3) is 0 Å². The number of hydrazine groups is 1. The van der Waals surface area contributed by atoms with Gasteiger partial charge in [-0.05, 0) is 24.2 Å². The van der Waals surface area contributed by atoms with E-state index in [0.717, 1.165) is 30.3 Å². The van der Waals surface area contributed by atoms with Gasteiger partial charge in [0.15, 0.2) is 11.0 Å². The van der Waals surface area contributed by atoms with Gasteiger partial charge in [-0.1, -0.05) is 36.5 Å². The lowest BCUT2D eigenvalue weighted by Gasteiger charge is -2.08. The quantitative estimate of drug-likeness (QED) is 0.438. The van der Waals surface area contributed by atoms with Crippen molar-refractivity contribution in [3.8, 4) is 0 Å². The Kier molecular flexibility index (Phi) is 5.46. The number of H-pyrrole nitrogens is 1. The lowest BCUT2D eigenvalue weighted by atomic mass is 10.2. The molecular weight excluding hydrogens is 333 g/mol. The maximum Gasteiger partial charge on any atom is 0.251 e. The SMILES string of the molecule is CCCc1cc(=O)[nH]c(Sc2nc(NN)c(Cl)cc2Cl)n1. The van der Waals surface area contributed by atoms with Crippen LogP contribution in [0.4, 0.5) is 5.82 Å². The zero-order chi connectivity index (χ0) is 15.4. The molecule has 0 aliphatic rings. The molecule has 0 saturated carbocycles. The number of rotatable bonds is 5. The topological polar surface area (TPSA) is 96.7 Å². The summed E-state index contributed by atoms with van der Waals surface area (Å²) in [4.78, 5) is 22.8. The smallest absolute Gasteiger partial charge is 0.251 e. The molecule has 0 spiro atoms. The maximum absolute atomic E-state index is 11.6. The summed E-state index contributed by atoms with van der Waals surface area (Å²) in [7, 11) is 0. The first kappa shape index (κ1) is 16.1. The Balaban J connectivity index is 2.35. The normalized spacial score (nSPS) is 10.7. The van der Waals surface area contributed by atoms with Gasteiger partial charge in [-0.3, -0.25) is 4.79 Å². The number of aromatic amines is 1. The fraction of sp³-hybridized carbons (Fsp3) is 0.250. The first-order valence-electron chi connectivity index (χ1n) is 6.14. The van der Waals surface area contributed by atoms with E-state index in [4.69, 9.17) is 29.0 Å². The third-order valence-corrected chi connectivity index (χ3v) is 4.09. The van der Waals surface area contributed by atoms with E-state index < -0.39 is 0 Å². The van der Waals surface area contributed by atoms with E-state index in [9.17, 15) is 4.79 Å². The summed E-state index contributed by atoms with van der Waals surface area (Å²) in [6, 6.07) is 3.01. The second kappa shape index (κ2) is 7.13. The van der Waals surface area contributed by atoms with Gasteiger partial charge in [0, 0.05) is 11.8 Å². The van der Waals surface area contributed by atoms with E-state index in [1.54, 1.807) is 0 Å². The van der Waals surface area contributed by atoms with E-state index in [0.29, 0.717) is 26.0 Å². The molecule has 9 heteroatoms. The number of nitrogens with zero attached hydrogens (tertiary/aromatic N) is 2. The van der Waals surface area contributed by atoms with Gasteiger partial charge >= 0.3 is 0 Å². The van der Waals surface area contributed by atoms with Gasteiger partial charge in [0.1, 0.15) is 5.03 Å². The number of hydrogen-bond donors (Lipinski definition) is 3. The molecule has 2 heterocycles. The van der Waals surface area contributed by atoms with Gasteiger partial charge in [-0.2, -0.15) is 0 Å². The van der Waals surface area contributed by atoms with Crippen molar-refractivity contribution in [2.75, 3.05) is 5.43 Å². The Bertz CT molecular complexity index is 707. The number of aromatic nitrogens is 3. The van der Waals surface area contributed by atoms with Crippen LogP contribution in [0, 0.1) is 0 Å². The number of nitrogens with one attached hydrogen (secondary N) is 2. The molecule has 0 saturated heterocycles. The van der Waals surface area contributed by atoms with Crippen LogP contribution in [0.1, 0.15) is 19.0 Å². The molecule has 0 atom stereocenters. The molecule has 0 unspecified atom stereocenters. The van der Waals surface area contributed by atoms with E-state index in [1.165, 1.54) is 12.1 Å². The summed E-state index contributed by atoms with van der Waals surface area (Å²) in [6.07, 6.45) is 1.64. The average Bonchev–Trinajstić information content (AvgIpc) is 2.41. The summed E-state index contributed by atoms with van der Waals surface area (Å²) in [6.45, 7) is 2.02. The summed E-state index contributed by atoms with van der Waals surface area (Å²) >= 11 is 13.2. The Morgan fingerprint density at radius 2 is 2.10 bits per heavy atom. The van der Waals surface area contributed by atoms with Crippen LogP contribution < -0.4 is 16.8 Å². The predicted octanol–water partition coefficient (Wildman–Crippen LogP) is 2.86. The second-order valence-corrected chi connectivity index (χ2v) is 5.94. The molecule has 2 rings (SSSR count). The molecule has 2 aromatic heterocycles. The molecule has 2 aromatic rings. The molecule has 0 amide bonds. The van der Waals surface area contributed by atoms with Crippen LogP contribution >= 0.6 is 35.0 Å². The van der Waals surface area contributed by atoms with E-state index in [-0.39, 0.29) is 5.56 Å². The number of aryl methyl sites for hydroxylation is 1. The Morgan fingerprint density at radius 1 is 1.33 bits per heavy atom. The molecule has 0 bridgehead atoms. The van der Waals surface area contributed by atoms with Gasteiger partial charge in [0.25, 0.3) is 5.56 Å². The zero-order valence-electron chi connectivity index (χ0n) is 11.1. The Morgan fingerprint density at radius 3 is 2.76 bits per heavy atom. The number of nitrogen functional groups attached to an aromatic ring is 1. The first-order chi connectivity index (χ1) is 10.0. The molecular formula is C12H13Cl2N5OS. The summed E-state index contributed by atoms with van der Waals surface area (Å²) in [5.41, 5.74) is 2.90. The molecule has 112 valence electrons. The van der Waals surface area contributed by atoms with Crippen molar-refractivity contribution >= 4 is 40.8 Å². The second-order valence-electron chi connectivity index (χ2n) is 4.14. The van der Waals surface area contributed by atoms with Crippen molar-refractivity contribution < 1.29 is 0 Å². The molecule has 4 N–H and O–H groups in total. The third-order valence-electron chi connectivity index (χ3n) is 2.51. The highest BCUT2D eigenvalue weighted by Gasteiger charge is 2.12. The van der Waals surface area contributed by atoms with Crippen molar-refractivity contribution in [3.63, 3.8) is 0 Å².